The maximum Gasteiger partial charge on any atom is 0.300 e. The molecule has 4 nitrogen and oxygen atoms in total. The zero-order chi connectivity index (χ0) is 14.0. The van der Waals surface area contributed by atoms with Crippen LogP contribution in [0.2, 0.25) is 18.1 Å². The van der Waals surface area contributed by atoms with Crippen LogP contribution in [0.3, 0.4) is 0 Å². The lowest BCUT2D eigenvalue weighted by Gasteiger charge is -2.36. The molecule has 1 rings (SSSR count). The van der Waals surface area contributed by atoms with Gasteiger partial charge >= 0.3 is 0 Å². The molecule has 0 fully saturated rings. The Hall–Kier alpha value is -1.38. The van der Waals surface area contributed by atoms with Crippen LogP contribution < -0.4 is 4.73 Å². The molecule has 0 aliphatic rings. The summed E-state index contributed by atoms with van der Waals surface area (Å²) in [7, 11) is -1.86. The van der Waals surface area contributed by atoms with E-state index >= 15 is 0 Å². The van der Waals surface area contributed by atoms with Crippen molar-refractivity contribution < 1.29 is 9.16 Å². The van der Waals surface area contributed by atoms with Gasteiger partial charge in [-0.3, -0.25) is 0 Å². The van der Waals surface area contributed by atoms with Crippen molar-refractivity contribution in [1.29, 1.82) is 5.26 Å². The minimum absolute atomic E-state index is 0.113. The molecule has 1 aromatic heterocycles. The molecule has 5 heteroatoms. The summed E-state index contributed by atoms with van der Waals surface area (Å²) in [4.78, 5) is 0. The van der Waals surface area contributed by atoms with Gasteiger partial charge in [-0.1, -0.05) is 20.8 Å². The van der Waals surface area contributed by atoms with Crippen LogP contribution in [-0.4, -0.2) is 8.32 Å². The molecule has 0 aliphatic carbocycles. The van der Waals surface area contributed by atoms with Gasteiger partial charge in [0.15, 0.2) is 20.6 Å². The van der Waals surface area contributed by atoms with E-state index in [1.54, 1.807) is 12.1 Å². The molecule has 0 aromatic carbocycles. The van der Waals surface area contributed by atoms with E-state index in [1.807, 2.05) is 6.07 Å². The molecule has 0 saturated carbocycles. The summed E-state index contributed by atoms with van der Waals surface area (Å²) in [5.41, 5.74) is 0.774. The van der Waals surface area contributed by atoms with E-state index in [9.17, 15) is 5.21 Å². The van der Waals surface area contributed by atoms with Gasteiger partial charge in [0.2, 0.25) is 0 Å². The summed E-state index contributed by atoms with van der Waals surface area (Å²) in [6, 6.07) is 5.33. The van der Waals surface area contributed by atoms with E-state index in [4.69, 9.17) is 9.69 Å². The summed E-state index contributed by atoms with van der Waals surface area (Å²) in [6.07, 6.45) is 1.33. The highest BCUT2D eigenvalue weighted by Gasteiger charge is 2.37. The highest BCUT2D eigenvalue weighted by molar-refractivity contribution is 6.74. The molecule has 0 N–H and O–H groups in total. The van der Waals surface area contributed by atoms with Crippen molar-refractivity contribution in [2.24, 2.45) is 0 Å². The van der Waals surface area contributed by atoms with E-state index < -0.39 is 8.32 Å². The number of nitrogens with zero attached hydrogens (tertiary/aromatic N) is 2. The van der Waals surface area contributed by atoms with Gasteiger partial charge in [0, 0.05) is 6.07 Å². The molecule has 98 valence electrons. The van der Waals surface area contributed by atoms with E-state index in [-0.39, 0.29) is 10.7 Å². The standard InChI is InChI=1S/C13H20N2O2Si/c1-13(2,3)18(4,5)17-10-11-7-6-8-15(16)12(11)9-14/h6-8H,10H2,1-5H3. The molecule has 18 heavy (non-hydrogen) atoms. The third-order valence-corrected chi connectivity index (χ3v) is 8.02. The fraction of sp³-hybridized carbons (Fsp3) is 0.538. The summed E-state index contributed by atoms with van der Waals surface area (Å²) in [5, 5.41) is 20.5. The molecule has 0 radical (unpaired) electrons. The van der Waals surface area contributed by atoms with Crippen LogP contribution in [0, 0.1) is 16.5 Å². The Balaban J connectivity index is 2.89. The highest BCUT2D eigenvalue weighted by Crippen LogP contribution is 2.37. The molecule has 0 amide bonds. The van der Waals surface area contributed by atoms with Gasteiger partial charge in [0.25, 0.3) is 5.69 Å². The molecule has 1 aromatic rings. The topological polar surface area (TPSA) is 60.0 Å². The van der Waals surface area contributed by atoms with E-state index in [2.05, 4.69) is 33.9 Å². The molecule has 0 unspecified atom stereocenters. The van der Waals surface area contributed by atoms with Gasteiger partial charge in [0.05, 0.1) is 12.2 Å². The minimum atomic E-state index is -1.86. The van der Waals surface area contributed by atoms with Crippen LogP contribution in [0.4, 0.5) is 0 Å². The lowest BCUT2D eigenvalue weighted by Crippen LogP contribution is -2.41. The first-order valence-electron chi connectivity index (χ1n) is 5.94. The lowest BCUT2D eigenvalue weighted by atomic mass is 10.2. The second-order valence-electron chi connectivity index (χ2n) is 5.87. The van der Waals surface area contributed by atoms with Crippen molar-refractivity contribution in [3.63, 3.8) is 0 Å². The van der Waals surface area contributed by atoms with Crippen LogP contribution in [0.5, 0.6) is 0 Å². The van der Waals surface area contributed by atoms with Gasteiger partial charge in [-0.15, -0.1) is 0 Å². The minimum Gasteiger partial charge on any atom is -0.618 e. The summed E-state index contributed by atoms with van der Waals surface area (Å²) in [6.45, 7) is 11.1. The highest BCUT2D eigenvalue weighted by atomic mass is 28.4. The number of pyridine rings is 1. The zero-order valence-corrected chi connectivity index (χ0v) is 12.7. The first-order valence-corrected chi connectivity index (χ1v) is 8.85. The third kappa shape index (κ3) is 3.09. The monoisotopic (exact) mass is 264 g/mol. The average Bonchev–Trinajstić information content (AvgIpc) is 2.25. The van der Waals surface area contributed by atoms with E-state index in [0.29, 0.717) is 16.9 Å². The number of aromatic nitrogens is 1. The van der Waals surface area contributed by atoms with Gasteiger partial charge in [-0.25, -0.2) is 0 Å². The van der Waals surface area contributed by atoms with Crippen molar-refractivity contribution in [1.82, 2.24) is 0 Å². The third-order valence-electron chi connectivity index (χ3n) is 3.54. The number of nitriles is 1. The van der Waals surface area contributed by atoms with Crippen molar-refractivity contribution >= 4 is 8.32 Å². The maximum absolute atomic E-state index is 11.4. The Morgan fingerprint density at radius 1 is 1.44 bits per heavy atom. The number of hydrogen-bond donors (Lipinski definition) is 0. The Kier molecular flexibility index (Phi) is 4.15. The average molecular weight is 264 g/mol. The molecular weight excluding hydrogens is 244 g/mol. The van der Waals surface area contributed by atoms with Gasteiger partial charge in [-0.05, 0) is 24.2 Å². The number of hydrogen-bond acceptors (Lipinski definition) is 3. The SMILES string of the molecule is CC(C)(C)[Si](C)(C)OCc1ccc[n+]([O-])c1C#N. The first-order chi connectivity index (χ1) is 8.19. The van der Waals surface area contributed by atoms with Crippen molar-refractivity contribution in [2.75, 3.05) is 0 Å². The molecule has 0 bridgehead atoms. The van der Waals surface area contributed by atoms with Crippen molar-refractivity contribution in [3.05, 3.63) is 34.8 Å². The fourth-order valence-electron chi connectivity index (χ4n) is 1.24. The summed E-state index contributed by atoms with van der Waals surface area (Å²) >= 11 is 0. The van der Waals surface area contributed by atoms with Crippen LogP contribution in [0.15, 0.2) is 18.3 Å². The smallest absolute Gasteiger partial charge is 0.300 e. The predicted molar refractivity (Wildman–Crippen MR) is 72.1 cm³/mol. The van der Waals surface area contributed by atoms with Gasteiger partial charge in [0.1, 0.15) is 0 Å². The largest absolute Gasteiger partial charge is 0.618 e. The second kappa shape index (κ2) is 5.08. The molecular formula is C13H20N2O2Si. The van der Waals surface area contributed by atoms with Crippen LogP contribution in [0.1, 0.15) is 32.0 Å². The van der Waals surface area contributed by atoms with Crippen LogP contribution in [0.25, 0.3) is 0 Å². The maximum atomic E-state index is 11.4. The fourth-order valence-corrected chi connectivity index (χ4v) is 2.19. The summed E-state index contributed by atoms with van der Waals surface area (Å²) in [5.74, 6) is 0. The molecule has 1 heterocycles. The molecule has 0 saturated heterocycles. The van der Waals surface area contributed by atoms with Crippen LogP contribution >= 0.6 is 0 Å². The van der Waals surface area contributed by atoms with Crippen LogP contribution in [-0.2, 0) is 11.0 Å². The van der Waals surface area contributed by atoms with Gasteiger partial charge in [-0.2, -0.15) is 9.99 Å². The Labute approximate surface area is 110 Å². The van der Waals surface area contributed by atoms with Crippen molar-refractivity contribution in [3.8, 4) is 6.07 Å². The zero-order valence-electron chi connectivity index (χ0n) is 11.7. The molecule has 0 spiro atoms. The molecule has 0 aliphatic heterocycles. The number of rotatable bonds is 3. The Morgan fingerprint density at radius 2 is 2.06 bits per heavy atom. The Morgan fingerprint density at radius 3 is 2.56 bits per heavy atom. The van der Waals surface area contributed by atoms with Gasteiger partial charge < -0.3 is 9.63 Å². The first kappa shape index (κ1) is 14.7. The normalized spacial score (nSPS) is 12.2. The van der Waals surface area contributed by atoms with E-state index in [0.717, 1.165) is 0 Å². The predicted octanol–water partition coefficient (Wildman–Crippen LogP) is 2.71. The molecule has 0 atom stereocenters. The van der Waals surface area contributed by atoms with E-state index in [1.165, 1.54) is 6.20 Å². The summed E-state index contributed by atoms with van der Waals surface area (Å²) < 4.78 is 6.60. The quantitative estimate of drug-likeness (QED) is 0.479. The van der Waals surface area contributed by atoms with Crippen molar-refractivity contribution in [2.45, 2.75) is 45.5 Å². The lowest BCUT2D eigenvalue weighted by molar-refractivity contribution is -0.608. The second-order valence-corrected chi connectivity index (χ2v) is 10.7. The Bertz CT molecular complexity index is 473.